The van der Waals surface area contributed by atoms with Gasteiger partial charge in [-0.25, -0.2) is 0 Å². The molecule has 0 saturated carbocycles. The summed E-state index contributed by atoms with van der Waals surface area (Å²) < 4.78 is 0. The number of likely N-dealkylation sites (tertiary alicyclic amines) is 2. The summed E-state index contributed by atoms with van der Waals surface area (Å²) in [6.07, 6.45) is 4.47. The van der Waals surface area contributed by atoms with Crippen molar-refractivity contribution in [2.45, 2.75) is 19.4 Å². The molecule has 0 aliphatic carbocycles. The largest absolute Gasteiger partial charge is 0.360 e. The molecule has 4 heterocycles. The molecule has 2 aliphatic heterocycles. The minimum Gasteiger partial charge on any atom is -0.360 e. The second-order valence-electron chi connectivity index (χ2n) is 8.28. The Balaban J connectivity index is 1.35. The number of benzene rings is 1. The second kappa shape index (κ2) is 7.50. The number of H-pyrrole nitrogens is 1. The molecule has 7 nitrogen and oxygen atoms in total. The van der Waals surface area contributed by atoms with E-state index in [1.165, 1.54) is 6.20 Å². The standard InChI is InChI=1S/C23H21ClN4O3/c24-15-4-5-17-19(11-15)26-12-18(20(17)29)21(30)28-10-7-23(14-28)6-9-27(22(23)31)13-16-3-1-2-8-25-16/h1-5,8,11-12H,6-7,9-10,13-14H2,(H,26,29). The molecule has 1 N–H and O–H groups in total. The topological polar surface area (TPSA) is 86.4 Å². The highest BCUT2D eigenvalue weighted by Crippen LogP contribution is 2.41. The van der Waals surface area contributed by atoms with E-state index in [4.69, 9.17) is 11.6 Å². The number of hydrogen-bond acceptors (Lipinski definition) is 4. The summed E-state index contributed by atoms with van der Waals surface area (Å²) in [5, 5.41) is 0.932. The molecule has 5 rings (SSSR count). The van der Waals surface area contributed by atoms with Crippen LogP contribution in [0.3, 0.4) is 0 Å². The van der Waals surface area contributed by atoms with Gasteiger partial charge in [-0.2, -0.15) is 0 Å². The van der Waals surface area contributed by atoms with E-state index in [9.17, 15) is 14.4 Å². The highest BCUT2D eigenvalue weighted by molar-refractivity contribution is 6.31. The maximum atomic E-state index is 13.2. The molecule has 8 heteroatoms. The molecule has 158 valence electrons. The normalized spacial score (nSPS) is 20.9. The number of carbonyl (C=O) groups excluding carboxylic acids is 2. The SMILES string of the molecule is O=C(c1c[nH]c2cc(Cl)ccc2c1=O)N1CCC2(CCN(Cc3ccccn3)C2=O)C1. The number of halogens is 1. The van der Waals surface area contributed by atoms with Crippen molar-refractivity contribution in [2.75, 3.05) is 19.6 Å². The quantitative estimate of drug-likeness (QED) is 0.684. The summed E-state index contributed by atoms with van der Waals surface area (Å²) in [4.78, 5) is 50.0. The molecule has 2 aromatic heterocycles. The smallest absolute Gasteiger partial charge is 0.259 e. The van der Waals surface area contributed by atoms with Gasteiger partial charge in [-0.1, -0.05) is 17.7 Å². The Morgan fingerprint density at radius 2 is 2.00 bits per heavy atom. The van der Waals surface area contributed by atoms with E-state index in [1.54, 1.807) is 29.3 Å². The Morgan fingerprint density at radius 1 is 1.16 bits per heavy atom. The van der Waals surface area contributed by atoms with Crippen LogP contribution in [0.1, 0.15) is 28.9 Å². The molecule has 2 saturated heterocycles. The van der Waals surface area contributed by atoms with E-state index < -0.39 is 5.41 Å². The summed E-state index contributed by atoms with van der Waals surface area (Å²) in [7, 11) is 0. The van der Waals surface area contributed by atoms with Crippen LogP contribution in [0.25, 0.3) is 10.9 Å². The second-order valence-corrected chi connectivity index (χ2v) is 8.71. The number of rotatable bonds is 3. The summed E-state index contributed by atoms with van der Waals surface area (Å²) >= 11 is 5.99. The molecule has 2 aliphatic rings. The maximum Gasteiger partial charge on any atom is 0.259 e. The molecule has 1 spiro atoms. The number of fused-ring (bicyclic) bond motifs is 1. The fraction of sp³-hybridized carbons (Fsp3) is 0.304. The average molecular weight is 437 g/mol. The van der Waals surface area contributed by atoms with Gasteiger partial charge in [0.1, 0.15) is 5.56 Å². The average Bonchev–Trinajstić information content (AvgIpc) is 3.34. The first-order chi connectivity index (χ1) is 15.0. The van der Waals surface area contributed by atoms with Gasteiger partial charge in [0, 0.05) is 42.4 Å². The maximum absolute atomic E-state index is 13.2. The van der Waals surface area contributed by atoms with Crippen LogP contribution in [-0.2, 0) is 11.3 Å². The molecule has 2 amide bonds. The van der Waals surface area contributed by atoms with E-state index in [0.717, 1.165) is 5.69 Å². The van der Waals surface area contributed by atoms with Gasteiger partial charge in [0.2, 0.25) is 11.3 Å². The van der Waals surface area contributed by atoms with Crippen LogP contribution < -0.4 is 5.43 Å². The molecular weight excluding hydrogens is 416 g/mol. The minimum absolute atomic E-state index is 0.0653. The van der Waals surface area contributed by atoms with Crippen molar-refractivity contribution < 1.29 is 9.59 Å². The molecule has 0 bridgehead atoms. The van der Waals surface area contributed by atoms with Gasteiger partial charge in [0.15, 0.2) is 0 Å². The predicted molar refractivity (Wildman–Crippen MR) is 117 cm³/mol. The lowest BCUT2D eigenvalue weighted by atomic mass is 9.85. The van der Waals surface area contributed by atoms with Crippen LogP contribution in [0.2, 0.25) is 5.02 Å². The Labute approximate surface area is 183 Å². The highest BCUT2D eigenvalue weighted by Gasteiger charge is 2.51. The molecule has 0 radical (unpaired) electrons. The monoisotopic (exact) mass is 436 g/mol. The van der Waals surface area contributed by atoms with Gasteiger partial charge < -0.3 is 14.8 Å². The van der Waals surface area contributed by atoms with Crippen LogP contribution in [0.5, 0.6) is 0 Å². The van der Waals surface area contributed by atoms with Gasteiger partial charge in [-0.05, 0) is 43.2 Å². The predicted octanol–water partition coefficient (Wildman–Crippen LogP) is 2.84. The van der Waals surface area contributed by atoms with Crippen molar-refractivity contribution >= 4 is 34.3 Å². The molecule has 1 unspecified atom stereocenters. The number of aromatic amines is 1. The van der Waals surface area contributed by atoms with Crippen LogP contribution >= 0.6 is 11.6 Å². The number of pyridine rings is 2. The zero-order valence-corrected chi connectivity index (χ0v) is 17.6. The molecule has 1 atom stereocenters. The minimum atomic E-state index is -0.568. The van der Waals surface area contributed by atoms with Crippen molar-refractivity contribution in [3.05, 3.63) is 75.3 Å². The molecular formula is C23H21ClN4O3. The number of nitrogens with one attached hydrogen (secondary N) is 1. The van der Waals surface area contributed by atoms with Gasteiger partial charge in [-0.15, -0.1) is 0 Å². The van der Waals surface area contributed by atoms with E-state index in [0.29, 0.717) is 54.9 Å². The lowest BCUT2D eigenvalue weighted by Gasteiger charge is -2.23. The Kier molecular flexibility index (Phi) is 4.78. The van der Waals surface area contributed by atoms with Crippen molar-refractivity contribution in [3.63, 3.8) is 0 Å². The third-order valence-corrected chi connectivity index (χ3v) is 6.63. The molecule has 2 fully saturated rings. The summed E-state index contributed by atoms with van der Waals surface area (Å²) in [5.74, 6) is -0.276. The fourth-order valence-electron chi connectivity index (χ4n) is 4.68. The van der Waals surface area contributed by atoms with E-state index in [2.05, 4.69) is 9.97 Å². The summed E-state index contributed by atoms with van der Waals surface area (Å²) in [5.41, 5.74) is 0.625. The van der Waals surface area contributed by atoms with Crippen LogP contribution in [-0.4, -0.2) is 51.2 Å². The number of amides is 2. The lowest BCUT2D eigenvalue weighted by Crippen LogP contribution is -2.39. The lowest BCUT2D eigenvalue weighted by molar-refractivity contribution is -0.135. The van der Waals surface area contributed by atoms with E-state index in [-0.39, 0.29) is 22.8 Å². The molecule has 1 aromatic carbocycles. The first-order valence-electron chi connectivity index (χ1n) is 10.3. The van der Waals surface area contributed by atoms with Gasteiger partial charge in [0.25, 0.3) is 5.91 Å². The van der Waals surface area contributed by atoms with Crippen LogP contribution in [0.4, 0.5) is 0 Å². The Morgan fingerprint density at radius 3 is 2.81 bits per heavy atom. The van der Waals surface area contributed by atoms with Crippen molar-refractivity contribution in [1.82, 2.24) is 19.8 Å². The number of aromatic nitrogens is 2. The highest BCUT2D eigenvalue weighted by atomic mass is 35.5. The van der Waals surface area contributed by atoms with E-state index >= 15 is 0 Å². The van der Waals surface area contributed by atoms with Crippen LogP contribution in [0, 0.1) is 5.41 Å². The van der Waals surface area contributed by atoms with Gasteiger partial charge >= 0.3 is 0 Å². The number of nitrogens with zero attached hydrogens (tertiary/aromatic N) is 3. The van der Waals surface area contributed by atoms with Gasteiger partial charge in [-0.3, -0.25) is 19.4 Å². The zero-order valence-electron chi connectivity index (χ0n) is 16.8. The first-order valence-corrected chi connectivity index (χ1v) is 10.6. The zero-order chi connectivity index (χ0) is 21.6. The molecule has 3 aromatic rings. The molecule has 31 heavy (non-hydrogen) atoms. The Hall–Kier alpha value is -3.19. The third kappa shape index (κ3) is 3.39. The van der Waals surface area contributed by atoms with Crippen molar-refractivity contribution in [1.29, 1.82) is 0 Å². The fourth-order valence-corrected chi connectivity index (χ4v) is 4.85. The third-order valence-electron chi connectivity index (χ3n) is 6.39. The van der Waals surface area contributed by atoms with E-state index in [1.807, 2.05) is 23.1 Å². The van der Waals surface area contributed by atoms with Gasteiger partial charge in [0.05, 0.1) is 23.2 Å². The first kappa shape index (κ1) is 19.8. The van der Waals surface area contributed by atoms with Crippen molar-refractivity contribution in [3.8, 4) is 0 Å². The van der Waals surface area contributed by atoms with Crippen molar-refractivity contribution in [2.24, 2.45) is 5.41 Å². The number of carbonyl (C=O) groups is 2. The summed E-state index contributed by atoms with van der Waals surface area (Å²) in [6, 6.07) is 10.6. The van der Waals surface area contributed by atoms with Crippen LogP contribution in [0.15, 0.2) is 53.6 Å². The summed E-state index contributed by atoms with van der Waals surface area (Å²) in [6.45, 7) is 1.92. The number of hydrogen-bond donors (Lipinski definition) is 1. The Bertz CT molecular complexity index is 1240.